The first-order valence-electron chi connectivity index (χ1n) is 6.72. The third kappa shape index (κ3) is 5.19. The van der Waals surface area contributed by atoms with Gasteiger partial charge in [0.1, 0.15) is 5.75 Å². The standard InChI is InChI=1S/C15H25NO3/c1-5-19-10-12(3)16-9-14(17)13-8-11(2)6-7-15(13)18-4/h6-8,12,14,16-17H,5,9-10H2,1-4H3. The number of aliphatic hydroxyl groups excluding tert-OH is 1. The van der Waals surface area contributed by atoms with E-state index in [1.165, 1.54) is 0 Å². The Kier molecular flexibility index (Phi) is 6.84. The van der Waals surface area contributed by atoms with Crippen LogP contribution in [0.5, 0.6) is 5.75 Å². The van der Waals surface area contributed by atoms with Crippen molar-refractivity contribution in [1.29, 1.82) is 0 Å². The van der Waals surface area contributed by atoms with Gasteiger partial charge in [-0.25, -0.2) is 0 Å². The lowest BCUT2D eigenvalue weighted by atomic mass is 10.0. The monoisotopic (exact) mass is 267 g/mol. The summed E-state index contributed by atoms with van der Waals surface area (Å²) in [6.07, 6.45) is -0.584. The summed E-state index contributed by atoms with van der Waals surface area (Å²) in [6, 6.07) is 6.03. The summed E-state index contributed by atoms with van der Waals surface area (Å²) in [4.78, 5) is 0. The van der Waals surface area contributed by atoms with Crippen molar-refractivity contribution in [3.05, 3.63) is 29.3 Å². The average molecular weight is 267 g/mol. The van der Waals surface area contributed by atoms with Gasteiger partial charge < -0.3 is 19.9 Å². The van der Waals surface area contributed by atoms with Crippen LogP contribution in [0.2, 0.25) is 0 Å². The topological polar surface area (TPSA) is 50.7 Å². The van der Waals surface area contributed by atoms with E-state index in [-0.39, 0.29) is 6.04 Å². The predicted octanol–water partition coefficient (Wildman–Crippen LogP) is 2.05. The van der Waals surface area contributed by atoms with Crippen molar-refractivity contribution in [2.45, 2.75) is 32.9 Å². The number of ether oxygens (including phenoxy) is 2. The molecule has 19 heavy (non-hydrogen) atoms. The largest absolute Gasteiger partial charge is 0.496 e. The van der Waals surface area contributed by atoms with Gasteiger partial charge in [-0.05, 0) is 32.9 Å². The van der Waals surface area contributed by atoms with Crippen LogP contribution in [0.3, 0.4) is 0 Å². The molecule has 0 aliphatic rings. The molecular formula is C15H25NO3. The molecule has 0 aromatic heterocycles. The minimum Gasteiger partial charge on any atom is -0.496 e. The molecule has 2 N–H and O–H groups in total. The zero-order valence-corrected chi connectivity index (χ0v) is 12.3. The van der Waals surface area contributed by atoms with Crippen LogP contribution in [-0.4, -0.2) is 38.0 Å². The molecule has 1 rings (SSSR count). The van der Waals surface area contributed by atoms with Crippen molar-refractivity contribution in [2.24, 2.45) is 0 Å². The maximum Gasteiger partial charge on any atom is 0.124 e. The van der Waals surface area contributed by atoms with E-state index < -0.39 is 6.10 Å². The van der Waals surface area contributed by atoms with E-state index in [1.807, 2.05) is 39.0 Å². The van der Waals surface area contributed by atoms with Gasteiger partial charge in [0.05, 0.1) is 19.8 Å². The highest BCUT2D eigenvalue weighted by Gasteiger charge is 2.14. The number of hydrogen-bond donors (Lipinski definition) is 2. The number of hydrogen-bond acceptors (Lipinski definition) is 4. The normalized spacial score (nSPS) is 14.2. The van der Waals surface area contributed by atoms with Crippen LogP contribution < -0.4 is 10.1 Å². The Hall–Kier alpha value is -1.10. The number of methoxy groups -OCH3 is 1. The molecule has 0 spiro atoms. The molecule has 0 saturated heterocycles. The summed E-state index contributed by atoms with van der Waals surface area (Å²) in [5, 5.41) is 13.5. The quantitative estimate of drug-likeness (QED) is 0.757. The van der Waals surface area contributed by atoms with Crippen molar-refractivity contribution in [2.75, 3.05) is 26.9 Å². The lowest BCUT2D eigenvalue weighted by molar-refractivity contribution is 0.115. The highest BCUT2D eigenvalue weighted by molar-refractivity contribution is 5.38. The minimum absolute atomic E-state index is 0.213. The first kappa shape index (κ1) is 16.0. The number of aryl methyl sites for hydroxylation is 1. The molecule has 0 heterocycles. The molecule has 0 amide bonds. The maximum absolute atomic E-state index is 10.2. The van der Waals surface area contributed by atoms with Gasteiger partial charge in [0.2, 0.25) is 0 Å². The van der Waals surface area contributed by atoms with Gasteiger partial charge in [0.25, 0.3) is 0 Å². The van der Waals surface area contributed by atoms with Crippen molar-refractivity contribution in [3.63, 3.8) is 0 Å². The van der Waals surface area contributed by atoms with Gasteiger partial charge in [-0.1, -0.05) is 11.6 Å². The van der Waals surface area contributed by atoms with E-state index in [2.05, 4.69) is 5.32 Å². The Bertz CT molecular complexity index is 382. The molecule has 0 aliphatic heterocycles. The fraction of sp³-hybridized carbons (Fsp3) is 0.600. The molecule has 4 nitrogen and oxygen atoms in total. The predicted molar refractivity (Wildman–Crippen MR) is 76.6 cm³/mol. The molecule has 0 aliphatic carbocycles. The molecule has 2 atom stereocenters. The molecular weight excluding hydrogens is 242 g/mol. The molecule has 1 aromatic carbocycles. The third-order valence-corrected chi connectivity index (χ3v) is 2.98. The molecule has 108 valence electrons. The second kappa shape index (κ2) is 8.15. The number of aliphatic hydroxyl groups is 1. The third-order valence-electron chi connectivity index (χ3n) is 2.98. The summed E-state index contributed by atoms with van der Waals surface area (Å²) in [7, 11) is 1.62. The second-order valence-electron chi connectivity index (χ2n) is 4.73. The summed E-state index contributed by atoms with van der Waals surface area (Å²) in [5.74, 6) is 0.720. The van der Waals surface area contributed by atoms with Crippen LogP contribution in [0.1, 0.15) is 31.1 Å². The van der Waals surface area contributed by atoms with Crippen molar-refractivity contribution >= 4 is 0 Å². The van der Waals surface area contributed by atoms with Gasteiger partial charge in [-0.2, -0.15) is 0 Å². The molecule has 0 radical (unpaired) electrons. The summed E-state index contributed by atoms with van der Waals surface area (Å²) >= 11 is 0. The van der Waals surface area contributed by atoms with E-state index in [9.17, 15) is 5.11 Å². The first-order chi connectivity index (χ1) is 9.08. The zero-order valence-electron chi connectivity index (χ0n) is 12.3. The lowest BCUT2D eigenvalue weighted by Crippen LogP contribution is -2.34. The van der Waals surface area contributed by atoms with Crippen molar-refractivity contribution in [3.8, 4) is 5.75 Å². The SMILES string of the molecule is CCOCC(C)NCC(O)c1cc(C)ccc1OC. The Balaban J connectivity index is 2.57. The van der Waals surface area contributed by atoms with E-state index in [4.69, 9.17) is 9.47 Å². The lowest BCUT2D eigenvalue weighted by Gasteiger charge is -2.19. The van der Waals surface area contributed by atoms with Crippen LogP contribution in [-0.2, 0) is 4.74 Å². The fourth-order valence-corrected chi connectivity index (χ4v) is 1.89. The average Bonchev–Trinajstić information content (AvgIpc) is 2.42. The van der Waals surface area contributed by atoms with E-state index >= 15 is 0 Å². The first-order valence-corrected chi connectivity index (χ1v) is 6.72. The van der Waals surface area contributed by atoms with E-state index in [1.54, 1.807) is 7.11 Å². The van der Waals surface area contributed by atoms with Gasteiger partial charge >= 0.3 is 0 Å². The number of rotatable bonds is 8. The zero-order chi connectivity index (χ0) is 14.3. The van der Waals surface area contributed by atoms with Crippen LogP contribution in [0, 0.1) is 6.92 Å². The Labute approximate surface area is 115 Å². The Morgan fingerprint density at radius 1 is 1.37 bits per heavy atom. The smallest absolute Gasteiger partial charge is 0.124 e. The maximum atomic E-state index is 10.2. The van der Waals surface area contributed by atoms with E-state index in [0.29, 0.717) is 19.8 Å². The highest BCUT2D eigenvalue weighted by atomic mass is 16.5. The van der Waals surface area contributed by atoms with Gasteiger partial charge in [0, 0.05) is 24.8 Å². The molecule has 2 unspecified atom stereocenters. The van der Waals surface area contributed by atoms with Gasteiger partial charge in [-0.15, -0.1) is 0 Å². The molecule has 4 heteroatoms. The van der Waals surface area contributed by atoms with Crippen LogP contribution in [0.4, 0.5) is 0 Å². The van der Waals surface area contributed by atoms with Crippen molar-refractivity contribution < 1.29 is 14.6 Å². The molecule has 0 fully saturated rings. The summed E-state index contributed by atoms with van der Waals surface area (Å²) in [5.41, 5.74) is 1.93. The summed E-state index contributed by atoms with van der Waals surface area (Å²) in [6.45, 7) is 7.85. The number of benzene rings is 1. The van der Waals surface area contributed by atoms with Crippen LogP contribution >= 0.6 is 0 Å². The van der Waals surface area contributed by atoms with Crippen molar-refractivity contribution in [1.82, 2.24) is 5.32 Å². The van der Waals surface area contributed by atoms with Gasteiger partial charge in [0.15, 0.2) is 0 Å². The highest BCUT2D eigenvalue weighted by Crippen LogP contribution is 2.25. The Morgan fingerprint density at radius 2 is 2.11 bits per heavy atom. The van der Waals surface area contributed by atoms with E-state index in [0.717, 1.165) is 16.9 Å². The Morgan fingerprint density at radius 3 is 2.74 bits per heavy atom. The fourth-order valence-electron chi connectivity index (χ4n) is 1.89. The van der Waals surface area contributed by atoms with Gasteiger partial charge in [-0.3, -0.25) is 0 Å². The molecule has 0 bridgehead atoms. The molecule has 0 saturated carbocycles. The minimum atomic E-state index is -0.584. The number of nitrogens with one attached hydrogen (secondary N) is 1. The summed E-state index contributed by atoms with van der Waals surface area (Å²) < 4.78 is 10.6. The molecule has 1 aromatic rings. The van der Waals surface area contributed by atoms with Crippen LogP contribution in [0.15, 0.2) is 18.2 Å². The van der Waals surface area contributed by atoms with Crippen LogP contribution in [0.25, 0.3) is 0 Å². The second-order valence-corrected chi connectivity index (χ2v) is 4.73.